The summed E-state index contributed by atoms with van der Waals surface area (Å²) >= 11 is 0. The van der Waals surface area contributed by atoms with Gasteiger partial charge in [0.05, 0.1) is 6.54 Å². The van der Waals surface area contributed by atoms with Gasteiger partial charge in [0, 0.05) is 5.56 Å². The Morgan fingerprint density at radius 1 is 0.923 bits per heavy atom. The highest BCUT2D eigenvalue weighted by Gasteiger charge is 2.08. The van der Waals surface area contributed by atoms with Crippen LogP contribution in [0.5, 0.6) is 0 Å². The number of benzene rings is 3. The first kappa shape index (κ1) is 16.0. The average molecular weight is 342 g/mol. The van der Waals surface area contributed by atoms with Crippen LogP contribution in [0.25, 0.3) is 10.8 Å². The van der Waals surface area contributed by atoms with Gasteiger partial charge in [0.2, 0.25) is 0 Å². The molecule has 26 heavy (non-hydrogen) atoms. The molecule has 0 aliphatic carbocycles. The second-order valence-electron chi connectivity index (χ2n) is 5.95. The Kier molecular flexibility index (Phi) is 4.69. The van der Waals surface area contributed by atoms with Gasteiger partial charge < -0.3 is 4.84 Å². The fraction of sp³-hybridized carbons (Fsp3) is 0.0952. The fourth-order valence-electron chi connectivity index (χ4n) is 2.77. The summed E-state index contributed by atoms with van der Waals surface area (Å²) in [7, 11) is 0. The Balaban J connectivity index is 1.61. The molecule has 0 fully saturated rings. The summed E-state index contributed by atoms with van der Waals surface area (Å²) in [5.41, 5.74) is 2.89. The van der Waals surface area contributed by atoms with Gasteiger partial charge in [-0.2, -0.15) is 5.10 Å². The van der Waals surface area contributed by atoms with Gasteiger partial charge >= 0.3 is 0 Å². The summed E-state index contributed by atoms with van der Waals surface area (Å²) in [6.07, 6.45) is 3.19. The normalized spacial score (nSPS) is 11.6. The minimum Gasteiger partial charge on any atom is -0.391 e. The summed E-state index contributed by atoms with van der Waals surface area (Å²) < 4.78 is 1.74. The van der Waals surface area contributed by atoms with Crippen LogP contribution in [0.4, 0.5) is 0 Å². The van der Waals surface area contributed by atoms with Crippen LogP contribution in [-0.4, -0.2) is 20.5 Å². The first-order chi connectivity index (χ1) is 12.9. The maximum absolute atomic E-state index is 5.62. The van der Waals surface area contributed by atoms with Crippen molar-refractivity contribution in [2.24, 2.45) is 5.16 Å². The quantitative estimate of drug-likeness (QED) is 0.392. The molecule has 0 aliphatic rings. The number of fused-ring (bicyclic) bond motifs is 1. The van der Waals surface area contributed by atoms with E-state index in [1.807, 2.05) is 42.5 Å². The Morgan fingerprint density at radius 2 is 1.73 bits per heavy atom. The van der Waals surface area contributed by atoms with Crippen molar-refractivity contribution in [1.29, 1.82) is 0 Å². The molecule has 3 aromatic carbocycles. The SMILES string of the molecule is c1ccc(CO/N=C(\Cn2cncn2)c2ccc3ccccc3c2)cc1. The van der Waals surface area contributed by atoms with E-state index in [-0.39, 0.29) is 0 Å². The van der Waals surface area contributed by atoms with Gasteiger partial charge in [-0.05, 0) is 22.4 Å². The molecule has 0 bridgehead atoms. The number of nitrogens with zero attached hydrogens (tertiary/aromatic N) is 4. The van der Waals surface area contributed by atoms with Crippen molar-refractivity contribution in [3.8, 4) is 0 Å². The van der Waals surface area contributed by atoms with Crippen molar-refractivity contribution in [2.45, 2.75) is 13.2 Å². The lowest BCUT2D eigenvalue weighted by Crippen LogP contribution is -2.13. The number of hydrogen-bond acceptors (Lipinski definition) is 4. The second kappa shape index (κ2) is 7.61. The molecule has 0 spiro atoms. The van der Waals surface area contributed by atoms with Crippen LogP contribution in [-0.2, 0) is 18.0 Å². The molecule has 0 unspecified atom stereocenters. The van der Waals surface area contributed by atoms with E-state index in [4.69, 9.17) is 4.84 Å². The maximum atomic E-state index is 5.62. The molecule has 0 atom stereocenters. The first-order valence-corrected chi connectivity index (χ1v) is 8.43. The van der Waals surface area contributed by atoms with Gasteiger partial charge in [-0.25, -0.2) is 9.67 Å². The van der Waals surface area contributed by atoms with Gasteiger partial charge in [-0.1, -0.05) is 71.9 Å². The van der Waals surface area contributed by atoms with Crippen molar-refractivity contribution in [3.63, 3.8) is 0 Å². The summed E-state index contributed by atoms with van der Waals surface area (Å²) in [6.45, 7) is 0.919. The number of oxime groups is 1. The summed E-state index contributed by atoms with van der Waals surface area (Å²) in [4.78, 5) is 9.63. The molecule has 0 aliphatic heterocycles. The summed E-state index contributed by atoms with van der Waals surface area (Å²) in [6, 6.07) is 24.5. The van der Waals surface area contributed by atoms with Crippen LogP contribution in [0.2, 0.25) is 0 Å². The molecule has 4 aromatic rings. The van der Waals surface area contributed by atoms with Crippen molar-refractivity contribution in [3.05, 3.63) is 96.6 Å². The highest BCUT2D eigenvalue weighted by atomic mass is 16.6. The molecule has 1 aromatic heterocycles. The maximum Gasteiger partial charge on any atom is 0.142 e. The third-order valence-corrected chi connectivity index (χ3v) is 4.11. The minimum atomic E-state index is 0.426. The van der Waals surface area contributed by atoms with Crippen molar-refractivity contribution < 1.29 is 4.84 Å². The molecule has 0 saturated heterocycles. The van der Waals surface area contributed by atoms with Gasteiger partial charge in [0.15, 0.2) is 0 Å². The van der Waals surface area contributed by atoms with E-state index in [1.165, 1.54) is 17.1 Å². The van der Waals surface area contributed by atoms with E-state index in [0.29, 0.717) is 13.2 Å². The highest BCUT2D eigenvalue weighted by Crippen LogP contribution is 2.17. The van der Waals surface area contributed by atoms with E-state index in [2.05, 4.69) is 45.6 Å². The first-order valence-electron chi connectivity index (χ1n) is 8.43. The van der Waals surface area contributed by atoms with Crippen LogP contribution in [0, 0.1) is 0 Å². The molecule has 0 N–H and O–H groups in total. The zero-order valence-corrected chi connectivity index (χ0v) is 14.2. The van der Waals surface area contributed by atoms with E-state index >= 15 is 0 Å². The predicted octanol–water partition coefficient (Wildman–Crippen LogP) is 4.05. The van der Waals surface area contributed by atoms with Crippen LogP contribution >= 0.6 is 0 Å². The molecule has 4 rings (SSSR count). The zero-order valence-electron chi connectivity index (χ0n) is 14.2. The van der Waals surface area contributed by atoms with Crippen molar-refractivity contribution in [1.82, 2.24) is 14.8 Å². The largest absolute Gasteiger partial charge is 0.391 e. The van der Waals surface area contributed by atoms with Crippen LogP contribution in [0.15, 0.2) is 90.6 Å². The van der Waals surface area contributed by atoms with Gasteiger partial charge in [-0.3, -0.25) is 0 Å². The Bertz CT molecular complexity index is 1010. The van der Waals surface area contributed by atoms with Gasteiger partial charge in [-0.15, -0.1) is 0 Å². The van der Waals surface area contributed by atoms with Crippen LogP contribution < -0.4 is 0 Å². The standard InChI is InChI=1S/C21H18N4O/c1-2-6-17(7-3-1)14-26-24-21(13-25-16-22-15-23-25)20-11-10-18-8-4-5-9-19(18)12-20/h1-12,15-16H,13-14H2/b24-21+. The minimum absolute atomic E-state index is 0.426. The highest BCUT2D eigenvalue weighted by molar-refractivity contribution is 6.03. The Labute approximate surface area is 151 Å². The second-order valence-corrected chi connectivity index (χ2v) is 5.95. The molecule has 1 heterocycles. The third-order valence-electron chi connectivity index (χ3n) is 4.11. The molecule has 0 saturated carbocycles. The predicted molar refractivity (Wildman–Crippen MR) is 102 cm³/mol. The smallest absolute Gasteiger partial charge is 0.142 e. The van der Waals surface area contributed by atoms with E-state index < -0.39 is 0 Å². The topological polar surface area (TPSA) is 52.3 Å². The zero-order chi connectivity index (χ0) is 17.6. The molecule has 128 valence electrons. The van der Waals surface area contributed by atoms with Gasteiger partial charge in [0.1, 0.15) is 25.0 Å². The van der Waals surface area contributed by atoms with E-state index in [9.17, 15) is 0 Å². The average Bonchev–Trinajstić information content (AvgIpc) is 3.21. The lowest BCUT2D eigenvalue weighted by atomic mass is 10.0. The monoisotopic (exact) mass is 342 g/mol. The number of hydrogen-bond donors (Lipinski definition) is 0. The van der Waals surface area contributed by atoms with Crippen LogP contribution in [0.1, 0.15) is 11.1 Å². The van der Waals surface area contributed by atoms with E-state index in [1.54, 1.807) is 11.0 Å². The molecule has 5 heteroatoms. The third kappa shape index (κ3) is 3.78. The number of aromatic nitrogens is 3. The Hall–Kier alpha value is -3.47. The number of rotatable bonds is 6. The molecule has 5 nitrogen and oxygen atoms in total. The Morgan fingerprint density at radius 3 is 2.54 bits per heavy atom. The molecule has 0 amide bonds. The molecular formula is C21H18N4O. The van der Waals surface area contributed by atoms with Crippen molar-refractivity contribution in [2.75, 3.05) is 0 Å². The van der Waals surface area contributed by atoms with Crippen molar-refractivity contribution >= 4 is 16.5 Å². The van der Waals surface area contributed by atoms with E-state index in [0.717, 1.165) is 16.8 Å². The summed E-state index contributed by atoms with van der Waals surface area (Å²) in [5, 5.41) is 10.9. The fourth-order valence-corrected chi connectivity index (χ4v) is 2.77. The van der Waals surface area contributed by atoms with Gasteiger partial charge in [0.25, 0.3) is 0 Å². The van der Waals surface area contributed by atoms with Crippen LogP contribution in [0.3, 0.4) is 0 Å². The molecular weight excluding hydrogens is 324 g/mol. The lowest BCUT2D eigenvalue weighted by molar-refractivity contribution is 0.130. The lowest BCUT2D eigenvalue weighted by Gasteiger charge is -2.09. The summed E-state index contributed by atoms with van der Waals surface area (Å²) in [5.74, 6) is 0. The molecule has 0 radical (unpaired) electrons.